The molecule has 4 heteroatoms. The van der Waals surface area contributed by atoms with E-state index in [1.165, 1.54) is 37.3 Å². The first kappa shape index (κ1) is 14.9. The zero-order valence-electron chi connectivity index (χ0n) is 13.8. The Bertz CT molecular complexity index is 612. The fraction of sp³-hybridized carbons (Fsp3) is 0.579. The van der Waals surface area contributed by atoms with Gasteiger partial charge in [-0.15, -0.1) is 0 Å². The zero-order chi connectivity index (χ0) is 16.0. The second-order valence-electron chi connectivity index (χ2n) is 7.70. The van der Waals surface area contributed by atoms with Crippen LogP contribution >= 0.6 is 0 Å². The zero-order valence-corrected chi connectivity index (χ0v) is 13.8. The number of nitrogens with zero attached hydrogens (tertiary/aromatic N) is 2. The third kappa shape index (κ3) is 2.49. The standard InChI is InChI=1S/C19H24N2O2/c1-20-11-10-19(13-20)8-6-14(7-9-19)12-21-17(22)15-4-2-3-5-16(15)18(21)23/h2-5,14H,6-13H2,1H3. The normalized spacial score (nSPS) is 31.2. The number of carbonyl (C=O) groups excluding carboxylic acids is 2. The van der Waals surface area contributed by atoms with Crippen molar-refractivity contribution >= 4 is 11.8 Å². The number of rotatable bonds is 2. The smallest absolute Gasteiger partial charge is 0.261 e. The summed E-state index contributed by atoms with van der Waals surface area (Å²) >= 11 is 0. The van der Waals surface area contributed by atoms with Crippen molar-refractivity contribution in [3.63, 3.8) is 0 Å². The number of hydrogen-bond acceptors (Lipinski definition) is 3. The summed E-state index contributed by atoms with van der Waals surface area (Å²) in [6.07, 6.45) is 6.07. The molecule has 2 heterocycles. The van der Waals surface area contributed by atoms with Crippen LogP contribution in [0.25, 0.3) is 0 Å². The number of likely N-dealkylation sites (tertiary alicyclic amines) is 1. The predicted octanol–water partition coefficient (Wildman–Crippen LogP) is 2.79. The van der Waals surface area contributed by atoms with Crippen LogP contribution in [0.15, 0.2) is 24.3 Å². The van der Waals surface area contributed by atoms with Crippen LogP contribution in [0.3, 0.4) is 0 Å². The second kappa shape index (κ2) is 5.45. The lowest BCUT2D eigenvalue weighted by molar-refractivity contribution is 0.0588. The number of carbonyl (C=O) groups is 2. The van der Waals surface area contributed by atoms with E-state index in [9.17, 15) is 9.59 Å². The summed E-state index contributed by atoms with van der Waals surface area (Å²) in [5.41, 5.74) is 1.65. The van der Waals surface area contributed by atoms with Crippen molar-refractivity contribution in [2.24, 2.45) is 11.3 Å². The van der Waals surface area contributed by atoms with Gasteiger partial charge in [0.1, 0.15) is 0 Å². The highest BCUT2D eigenvalue weighted by atomic mass is 16.2. The lowest BCUT2D eigenvalue weighted by atomic mass is 9.70. The maximum atomic E-state index is 12.5. The molecule has 4 nitrogen and oxygen atoms in total. The lowest BCUT2D eigenvalue weighted by Crippen LogP contribution is -2.38. The fourth-order valence-electron chi connectivity index (χ4n) is 4.70. The summed E-state index contributed by atoms with van der Waals surface area (Å²) in [4.78, 5) is 28.9. The molecule has 0 bridgehead atoms. The van der Waals surface area contributed by atoms with Gasteiger partial charge in [-0.1, -0.05) is 12.1 Å². The molecule has 0 atom stereocenters. The highest BCUT2D eigenvalue weighted by Gasteiger charge is 2.42. The van der Waals surface area contributed by atoms with E-state index in [4.69, 9.17) is 0 Å². The van der Waals surface area contributed by atoms with E-state index in [0.29, 0.717) is 29.0 Å². The molecule has 3 aliphatic rings. The Balaban J connectivity index is 1.41. The molecule has 1 aromatic carbocycles. The minimum atomic E-state index is -0.105. The first-order valence-corrected chi connectivity index (χ1v) is 8.72. The van der Waals surface area contributed by atoms with Gasteiger partial charge in [-0.2, -0.15) is 0 Å². The summed E-state index contributed by atoms with van der Waals surface area (Å²) in [6, 6.07) is 7.18. The van der Waals surface area contributed by atoms with E-state index in [1.54, 1.807) is 12.1 Å². The van der Waals surface area contributed by atoms with E-state index in [0.717, 1.165) is 12.8 Å². The molecule has 1 saturated heterocycles. The number of fused-ring (bicyclic) bond motifs is 1. The Morgan fingerprint density at radius 2 is 1.65 bits per heavy atom. The van der Waals surface area contributed by atoms with Crippen LogP contribution in [-0.4, -0.2) is 48.3 Å². The van der Waals surface area contributed by atoms with Gasteiger partial charge in [-0.3, -0.25) is 14.5 Å². The topological polar surface area (TPSA) is 40.6 Å². The van der Waals surface area contributed by atoms with Crippen molar-refractivity contribution in [1.29, 1.82) is 0 Å². The molecule has 0 unspecified atom stereocenters. The van der Waals surface area contributed by atoms with Crippen LogP contribution in [0.1, 0.15) is 52.8 Å². The van der Waals surface area contributed by atoms with E-state index in [-0.39, 0.29) is 11.8 Å². The first-order chi connectivity index (χ1) is 11.1. The third-order valence-corrected chi connectivity index (χ3v) is 6.11. The van der Waals surface area contributed by atoms with Gasteiger partial charge in [0.15, 0.2) is 0 Å². The molecule has 1 saturated carbocycles. The summed E-state index contributed by atoms with van der Waals surface area (Å²) in [7, 11) is 2.21. The monoisotopic (exact) mass is 312 g/mol. The average Bonchev–Trinajstić information content (AvgIpc) is 3.04. The quantitative estimate of drug-likeness (QED) is 0.789. The molecular formula is C19H24N2O2. The van der Waals surface area contributed by atoms with Crippen LogP contribution in [-0.2, 0) is 0 Å². The first-order valence-electron chi connectivity index (χ1n) is 8.72. The van der Waals surface area contributed by atoms with Crippen molar-refractivity contribution in [2.45, 2.75) is 32.1 Å². The van der Waals surface area contributed by atoms with Gasteiger partial charge >= 0.3 is 0 Å². The maximum absolute atomic E-state index is 12.5. The molecule has 0 aromatic heterocycles. The molecule has 2 aliphatic heterocycles. The largest absolute Gasteiger partial charge is 0.306 e. The number of imide groups is 1. The summed E-state index contributed by atoms with van der Waals surface area (Å²) in [5.74, 6) is 0.256. The van der Waals surface area contributed by atoms with Crippen molar-refractivity contribution < 1.29 is 9.59 Å². The minimum Gasteiger partial charge on any atom is -0.306 e. The number of benzene rings is 1. The molecule has 2 amide bonds. The van der Waals surface area contributed by atoms with Crippen molar-refractivity contribution in [3.05, 3.63) is 35.4 Å². The molecular weight excluding hydrogens is 288 g/mol. The molecule has 2 fully saturated rings. The van der Waals surface area contributed by atoms with Crippen LogP contribution < -0.4 is 0 Å². The Kier molecular flexibility index (Phi) is 3.52. The molecule has 1 spiro atoms. The van der Waals surface area contributed by atoms with Crippen molar-refractivity contribution in [2.75, 3.05) is 26.7 Å². The molecule has 0 N–H and O–H groups in total. The van der Waals surface area contributed by atoms with Crippen molar-refractivity contribution in [1.82, 2.24) is 9.80 Å². The van der Waals surface area contributed by atoms with Crippen molar-refractivity contribution in [3.8, 4) is 0 Å². The van der Waals surface area contributed by atoms with E-state index >= 15 is 0 Å². The average molecular weight is 312 g/mol. The fourth-order valence-corrected chi connectivity index (χ4v) is 4.70. The van der Waals surface area contributed by atoms with Gasteiger partial charge in [0.2, 0.25) is 0 Å². The van der Waals surface area contributed by atoms with E-state index in [2.05, 4.69) is 11.9 Å². The molecule has 122 valence electrons. The Hall–Kier alpha value is -1.68. The summed E-state index contributed by atoms with van der Waals surface area (Å²) in [6.45, 7) is 3.02. The minimum absolute atomic E-state index is 0.105. The molecule has 1 aromatic rings. The lowest BCUT2D eigenvalue weighted by Gasteiger charge is -2.38. The van der Waals surface area contributed by atoms with Crippen LogP contribution in [0.5, 0.6) is 0 Å². The van der Waals surface area contributed by atoms with Crippen LogP contribution in [0.2, 0.25) is 0 Å². The van der Waals surface area contributed by atoms with Gasteiger partial charge in [-0.05, 0) is 69.2 Å². The molecule has 1 aliphatic carbocycles. The molecule has 23 heavy (non-hydrogen) atoms. The van der Waals surface area contributed by atoms with E-state index in [1.807, 2.05) is 12.1 Å². The van der Waals surface area contributed by atoms with Crippen LogP contribution in [0, 0.1) is 11.3 Å². The van der Waals surface area contributed by atoms with Gasteiger partial charge in [0.05, 0.1) is 11.1 Å². The van der Waals surface area contributed by atoms with Crippen LogP contribution in [0.4, 0.5) is 0 Å². The van der Waals surface area contributed by atoms with Gasteiger partial charge in [-0.25, -0.2) is 0 Å². The van der Waals surface area contributed by atoms with Gasteiger partial charge < -0.3 is 4.90 Å². The number of hydrogen-bond donors (Lipinski definition) is 0. The number of amides is 2. The van der Waals surface area contributed by atoms with Gasteiger partial charge in [0, 0.05) is 13.1 Å². The molecule has 4 rings (SSSR count). The summed E-state index contributed by atoms with van der Waals surface area (Å²) < 4.78 is 0. The maximum Gasteiger partial charge on any atom is 0.261 e. The highest BCUT2D eigenvalue weighted by molar-refractivity contribution is 6.21. The summed E-state index contributed by atoms with van der Waals surface area (Å²) in [5, 5.41) is 0. The SMILES string of the molecule is CN1CCC2(CCC(CN3C(=O)c4ccccc4C3=O)CC2)C1. The molecule has 0 radical (unpaired) electrons. The predicted molar refractivity (Wildman–Crippen MR) is 88.3 cm³/mol. The highest BCUT2D eigenvalue weighted by Crippen LogP contribution is 2.45. The Morgan fingerprint density at radius 1 is 1.04 bits per heavy atom. The Morgan fingerprint density at radius 3 is 2.17 bits per heavy atom. The Labute approximate surface area is 137 Å². The van der Waals surface area contributed by atoms with E-state index < -0.39 is 0 Å². The second-order valence-corrected chi connectivity index (χ2v) is 7.70. The third-order valence-electron chi connectivity index (χ3n) is 6.11. The van der Waals surface area contributed by atoms with Gasteiger partial charge in [0.25, 0.3) is 11.8 Å².